The summed E-state index contributed by atoms with van der Waals surface area (Å²) in [6.45, 7) is -0.381. The molecule has 1 aromatic carbocycles. The third-order valence-corrected chi connectivity index (χ3v) is 7.17. The van der Waals surface area contributed by atoms with E-state index in [9.17, 15) is 24.5 Å². The number of anilines is 1. The van der Waals surface area contributed by atoms with E-state index in [0.717, 1.165) is 40.7 Å². The summed E-state index contributed by atoms with van der Waals surface area (Å²) in [6, 6.07) is 8.93. The number of benzene rings is 1. The average molecular weight is 481 g/mol. The molecule has 3 aromatic heterocycles. The van der Waals surface area contributed by atoms with Crippen molar-refractivity contribution in [2.45, 2.75) is 38.8 Å². The van der Waals surface area contributed by atoms with Crippen molar-refractivity contribution in [1.29, 1.82) is 0 Å². The average Bonchev–Trinajstić information content (AvgIpc) is 3.47. The fourth-order valence-electron chi connectivity index (χ4n) is 4.30. The van der Waals surface area contributed by atoms with Gasteiger partial charge in [-0.3, -0.25) is 28.8 Å². The molecule has 0 fully saturated rings. The van der Waals surface area contributed by atoms with Gasteiger partial charge in [0, 0.05) is 22.7 Å². The largest absolute Gasteiger partial charge is 0.467 e. The van der Waals surface area contributed by atoms with Gasteiger partial charge < -0.3 is 9.73 Å². The zero-order valence-electron chi connectivity index (χ0n) is 18.0. The van der Waals surface area contributed by atoms with Gasteiger partial charge in [0.15, 0.2) is 0 Å². The summed E-state index contributed by atoms with van der Waals surface area (Å²) in [5.41, 5.74) is 0.0540. The number of nitro groups is 1. The molecule has 0 aliphatic heterocycles. The molecule has 0 bridgehead atoms. The van der Waals surface area contributed by atoms with Crippen LogP contribution in [0.4, 0.5) is 11.4 Å². The number of hydrogen-bond donors (Lipinski definition) is 1. The van der Waals surface area contributed by atoms with Gasteiger partial charge in [0.05, 0.1) is 23.1 Å². The van der Waals surface area contributed by atoms with Crippen LogP contribution in [0.1, 0.15) is 29.0 Å². The van der Waals surface area contributed by atoms with E-state index in [2.05, 4.69) is 5.32 Å². The lowest BCUT2D eigenvalue weighted by atomic mass is 9.97. The molecular formula is C23H20N4O6S. The maximum absolute atomic E-state index is 13.4. The lowest BCUT2D eigenvalue weighted by molar-refractivity contribution is -0.384. The number of fused-ring (bicyclic) bond motifs is 3. The van der Waals surface area contributed by atoms with E-state index in [1.807, 2.05) is 0 Å². The number of nitrogens with zero attached hydrogens (tertiary/aromatic N) is 3. The van der Waals surface area contributed by atoms with Gasteiger partial charge in [-0.1, -0.05) is 6.07 Å². The first-order chi connectivity index (χ1) is 16.4. The Hall–Kier alpha value is -3.99. The number of hydrogen-bond acceptors (Lipinski definition) is 7. The van der Waals surface area contributed by atoms with Gasteiger partial charge in [0.25, 0.3) is 11.2 Å². The van der Waals surface area contributed by atoms with E-state index in [1.165, 1.54) is 46.4 Å². The van der Waals surface area contributed by atoms with Crippen molar-refractivity contribution in [2.24, 2.45) is 0 Å². The molecule has 1 N–H and O–H groups in total. The van der Waals surface area contributed by atoms with E-state index in [1.54, 1.807) is 12.1 Å². The molecule has 3 heterocycles. The van der Waals surface area contributed by atoms with Crippen LogP contribution in [-0.4, -0.2) is 20.0 Å². The number of amides is 1. The van der Waals surface area contributed by atoms with Gasteiger partial charge >= 0.3 is 5.69 Å². The summed E-state index contributed by atoms with van der Waals surface area (Å²) in [5, 5.41) is 14.1. The molecule has 0 unspecified atom stereocenters. The molecular weight excluding hydrogens is 460 g/mol. The first kappa shape index (κ1) is 21.8. The fourth-order valence-corrected chi connectivity index (χ4v) is 5.67. The Morgan fingerprint density at radius 1 is 1.15 bits per heavy atom. The highest BCUT2D eigenvalue weighted by Gasteiger charge is 2.25. The van der Waals surface area contributed by atoms with Crippen LogP contribution in [0.25, 0.3) is 10.2 Å². The van der Waals surface area contributed by atoms with Gasteiger partial charge in [-0.05, 0) is 49.4 Å². The second-order valence-corrected chi connectivity index (χ2v) is 9.17. The van der Waals surface area contributed by atoms with Gasteiger partial charge in [-0.25, -0.2) is 4.79 Å². The van der Waals surface area contributed by atoms with Gasteiger partial charge in [0.2, 0.25) is 5.91 Å². The molecule has 0 saturated carbocycles. The van der Waals surface area contributed by atoms with Crippen LogP contribution in [0.5, 0.6) is 0 Å². The minimum atomic E-state index is -0.610. The Labute approximate surface area is 196 Å². The second kappa shape index (κ2) is 8.75. The third kappa shape index (κ3) is 3.94. The number of non-ortho nitro benzene ring substituents is 1. The van der Waals surface area contributed by atoms with Crippen molar-refractivity contribution in [3.8, 4) is 0 Å². The Balaban J connectivity index is 1.58. The molecule has 1 amide bonds. The topological polar surface area (TPSA) is 129 Å². The van der Waals surface area contributed by atoms with E-state index >= 15 is 0 Å². The summed E-state index contributed by atoms with van der Waals surface area (Å²) >= 11 is 1.38. The molecule has 0 radical (unpaired) electrons. The fraction of sp³-hybridized carbons (Fsp3) is 0.261. The number of aromatic nitrogens is 2. The zero-order chi connectivity index (χ0) is 23.8. The molecule has 34 heavy (non-hydrogen) atoms. The van der Waals surface area contributed by atoms with Gasteiger partial charge in [0.1, 0.15) is 17.1 Å². The highest BCUT2D eigenvalue weighted by Crippen LogP contribution is 2.34. The number of aryl methyl sites for hydroxylation is 2. The van der Waals surface area contributed by atoms with Crippen LogP contribution in [-0.2, 0) is 30.7 Å². The summed E-state index contributed by atoms with van der Waals surface area (Å²) in [6.07, 6.45) is 5.03. The van der Waals surface area contributed by atoms with Crippen LogP contribution in [0, 0.1) is 10.1 Å². The Morgan fingerprint density at radius 3 is 2.74 bits per heavy atom. The molecule has 10 nitrogen and oxygen atoms in total. The lowest BCUT2D eigenvalue weighted by Gasteiger charge is -2.13. The number of carbonyl (C=O) groups excluding carboxylic acids is 1. The van der Waals surface area contributed by atoms with E-state index < -0.39 is 16.5 Å². The molecule has 0 atom stereocenters. The number of nitrogens with one attached hydrogen (secondary N) is 1. The summed E-state index contributed by atoms with van der Waals surface area (Å²) in [7, 11) is 0. The van der Waals surface area contributed by atoms with Crippen molar-refractivity contribution in [2.75, 3.05) is 5.32 Å². The normalized spacial score (nSPS) is 13.1. The van der Waals surface area contributed by atoms with E-state index in [4.69, 9.17) is 4.42 Å². The van der Waals surface area contributed by atoms with Crippen molar-refractivity contribution < 1.29 is 14.1 Å². The molecule has 0 spiro atoms. The van der Waals surface area contributed by atoms with Crippen molar-refractivity contribution in [1.82, 2.24) is 9.13 Å². The zero-order valence-corrected chi connectivity index (χ0v) is 18.8. The highest BCUT2D eigenvalue weighted by molar-refractivity contribution is 7.18. The first-order valence-electron chi connectivity index (χ1n) is 10.8. The Bertz CT molecular complexity index is 1530. The van der Waals surface area contributed by atoms with Gasteiger partial charge in [-0.15, -0.1) is 11.3 Å². The van der Waals surface area contributed by atoms with E-state index in [-0.39, 0.29) is 30.0 Å². The number of nitro benzene ring substituents is 1. The predicted molar refractivity (Wildman–Crippen MR) is 127 cm³/mol. The van der Waals surface area contributed by atoms with Crippen LogP contribution in [0.15, 0.2) is 56.7 Å². The molecule has 4 aromatic rings. The standard InChI is InChI=1S/C23H20N4O6S/c28-19(24-14-5-3-6-15(11-14)27(31)32)13-26-22-20(17-8-1-2-9-18(17)34-22)21(29)25(23(26)30)12-16-7-4-10-33-16/h3-7,10-11H,1-2,8-9,12-13H2,(H,24,28). The number of rotatable bonds is 6. The van der Waals surface area contributed by atoms with Crippen LogP contribution in [0.3, 0.4) is 0 Å². The minimum absolute atomic E-state index is 0.0439. The molecule has 5 rings (SSSR count). The molecule has 1 aliphatic carbocycles. The molecule has 174 valence electrons. The van der Waals surface area contributed by atoms with Crippen molar-refractivity contribution in [3.05, 3.63) is 89.8 Å². The SMILES string of the molecule is O=C(Cn1c(=O)n(Cc2ccco2)c(=O)c2c3c(sc21)CCCC3)Nc1cccc([N+](=O)[O-])c1. The lowest BCUT2D eigenvalue weighted by Crippen LogP contribution is -2.41. The van der Waals surface area contributed by atoms with Crippen molar-refractivity contribution >= 4 is 38.8 Å². The summed E-state index contributed by atoms with van der Waals surface area (Å²) in [4.78, 5) is 51.7. The van der Waals surface area contributed by atoms with E-state index in [0.29, 0.717) is 16.0 Å². The van der Waals surface area contributed by atoms with Gasteiger partial charge in [-0.2, -0.15) is 0 Å². The summed E-state index contributed by atoms with van der Waals surface area (Å²) < 4.78 is 7.76. The minimum Gasteiger partial charge on any atom is -0.467 e. The van der Waals surface area contributed by atoms with Crippen molar-refractivity contribution in [3.63, 3.8) is 0 Å². The summed E-state index contributed by atoms with van der Waals surface area (Å²) in [5.74, 6) is -0.0753. The number of thiophene rings is 1. The maximum atomic E-state index is 13.4. The number of furan rings is 1. The highest BCUT2D eigenvalue weighted by atomic mass is 32.1. The second-order valence-electron chi connectivity index (χ2n) is 8.09. The molecule has 1 aliphatic rings. The molecule has 11 heteroatoms. The maximum Gasteiger partial charge on any atom is 0.333 e. The first-order valence-corrected chi connectivity index (χ1v) is 11.6. The predicted octanol–water partition coefficient (Wildman–Crippen LogP) is 3.29. The van der Waals surface area contributed by atoms with Crippen LogP contribution in [0.2, 0.25) is 0 Å². The quantitative estimate of drug-likeness (QED) is 0.333. The number of carbonyl (C=O) groups is 1. The van der Waals surface area contributed by atoms with Crippen LogP contribution >= 0.6 is 11.3 Å². The molecule has 0 saturated heterocycles. The Morgan fingerprint density at radius 2 is 1.97 bits per heavy atom. The monoisotopic (exact) mass is 480 g/mol. The third-order valence-electron chi connectivity index (χ3n) is 5.86. The van der Waals surface area contributed by atoms with Crippen LogP contribution < -0.4 is 16.6 Å². The smallest absolute Gasteiger partial charge is 0.333 e. The Kier molecular flexibility index (Phi) is 5.62.